The molecule has 5 heteroatoms. The molecule has 0 N–H and O–H groups in total. The first-order valence-corrected chi connectivity index (χ1v) is 4.56. The monoisotopic (exact) mass is 228 g/mol. The van der Waals surface area contributed by atoms with Crippen molar-refractivity contribution in [3.05, 3.63) is 17.4 Å². The smallest absolute Gasteiger partial charge is 0.175 e. The maximum atomic E-state index is 13.6. The van der Waals surface area contributed by atoms with E-state index in [9.17, 15) is 9.18 Å². The highest BCUT2D eigenvalue weighted by Gasteiger charge is 2.23. The Morgan fingerprint density at radius 1 is 1.12 bits per heavy atom. The number of Topliss-reactive ketones (excluding diaryl/α,β-unsaturated/α-hetero) is 1. The number of hydrogen-bond donors (Lipinski definition) is 0. The molecule has 0 radical (unpaired) electrons. The van der Waals surface area contributed by atoms with Gasteiger partial charge in [-0.25, -0.2) is 4.39 Å². The number of hydrogen-bond acceptors (Lipinski definition) is 4. The van der Waals surface area contributed by atoms with Crippen LogP contribution in [0.5, 0.6) is 17.2 Å². The van der Waals surface area contributed by atoms with Crippen LogP contribution in [0.4, 0.5) is 4.39 Å². The highest BCUT2D eigenvalue weighted by atomic mass is 19.1. The Morgan fingerprint density at radius 3 is 2.06 bits per heavy atom. The summed E-state index contributed by atoms with van der Waals surface area (Å²) in [4.78, 5) is 11.4. The van der Waals surface area contributed by atoms with Crippen LogP contribution in [0.1, 0.15) is 17.3 Å². The first-order valence-electron chi connectivity index (χ1n) is 4.56. The van der Waals surface area contributed by atoms with Crippen molar-refractivity contribution in [2.24, 2.45) is 0 Å². The fraction of sp³-hybridized carbons (Fsp3) is 0.364. The minimum absolute atomic E-state index is 0.0434. The number of rotatable bonds is 4. The van der Waals surface area contributed by atoms with Gasteiger partial charge in [0, 0.05) is 6.07 Å². The predicted molar refractivity (Wildman–Crippen MR) is 56.1 cm³/mol. The number of methoxy groups -OCH3 is 3. The van der Waals surface area contributed by atoms with Crippen LogP contribution in [0.15, 0.2) is 6.07 Å². The highest BCUT2D eigenvalue weighted by molar-refractivity contribution is 6.00. The van der Waals surface area contributed by atoms with Crippen molar-refractivity contribution in [2.75, 3.05) is 21.3 Å². The van der Waals surface area contributed by atoms with Gasteiger partial charge >= 0.3 is 0 Å². The Hall–Kier alpha value is -1.78. The maximum absolute atomic E-state index is 13.6. The van der Waals surface area contributed by atoms with Gasteiger partial charge in [-0.2, -0.15) is 0 Å². The number of ketones is 1. The molecule has 4 nitrogen and oxygen atoms in total. The lowest BCUT2D eigenvalue weighted by Gasteiger charge is -2.14. The average Bonchev–Trinajstić information content (AvgIpc) is 2.27. The summed E-state index contributed by atoms with van der Waals surface area (Å²) >= 11 is 0. The summed E-state index contributed by atoms with van der Waals surface area (Å²) in [6.45, 7) is 1.30. The van der Waals surface area contributed by atoms with Crippen LogP contribution in [0.25, 0.3) is 0 Å². The third-order valence-electron chi connectivity index (χ3n) is 2.13. The van der Waals surface area contributed by atoms with Crippen molar-refractivity contribution in [1.29, 1.82) is 0 Å². The lowest BCUT2D eigenvalue weighted by atomic mass is 10.1. The van der Waals surface area contributed by atoms with E-state index in [0.29, 0.717) is 0 Å². The van der Waals surface area contributed by atoms with E-state index in [-0.39, 0.29) is 28.6 Å². The van der Waals surface area contributed by atoms with Gasteiger partial charge in [0.2, 0.25) is 0 Å². The number of benzene rings is 1. The predicted octanol–water partition coefficient (Wildman–Crippen LogP) is 2.05. The van der Waals surface area contributed by atoms with Gasteiger partial charge in [0.05, 0.1) is 21.3 Å². The molecule has 0 aromatic heterocycles. The molecule has 0 aliphatic carbocycles. The second-order valence-electron chi connectivity index (χ2n) is 3.06. The summed E-state index contributed by atoms with van der Waals surface area (Å²) in [5.41, 5.74) is 0.0434. The molecule has 0 aliphatic rings. The molecule has 0 heterocycles. The zero-order valence-electron chi connectivity index (χ0n) is 9.59. The van der Waals surface area contributed by atoms with E-state index in [4.69, 9.17) is 14.2 Å². The maximum Gasteiger partial charge on any atom is 0.175 e. The van der Waals surface area contributed by atoms with Gasteiger partial charge in [0.25, 0.3) is 0 Å². The van der Waals surface area contributed by atoms with Crippen molar-refractivity contribution in [3.63, 3.8) is 0 Å². The summed E-state index contributed by atoms with van der Waals surface area (Å²) < 4.78 is 28.4. The molecular weight excluding hydrogens is 215 g/mol. The molecule has 0 bridgehead atoms. The van der Waals surface area contributed by atoms with Crippen molar-refractivity contribution >= 4 is 5.78 Å². The van der Waals surface area contributed by atoms with Crippen LogP contribution >= 0.6 is 0 Å². The topological polar surface area (TPSA) is 44.8 Å². The van der Waals surface area contributed by atoms with Gasteiger partial charge in [-0.1, -0.05) is 0 Å². The molecule has 16 heavy (non-hydrogen) atoms. The first kappa shape index (κ1) is 12.3. The largest absolute Gasteiger partial charge is 0.493 e. The van der Waals surface area contributed by atoms with E-state index in [2.05, 4.69) is 0 Å². The molecular formula is C11H13FO4. The van der Waals surface area contributed by atoms with Crippen LogP contribution in [0.3, 0.4) is 0 Å². The van der Waals surface area contributed by atoms with Crippen molar-refractivity contribution in [1.82, 2.24) is 0 Å². The molecule has 0 spiro atoms. The molecule has 1 rings (SSSR count). The number of halogens is 1. The lowest BCUT2D eigenvalue weighted by Crippen LogP contribution is -2.05. The van der Waals surface area contributed by atoms with Gasteiger partial charge in [-0.3, -0.25) is 4.79 Å². The summed E-state index contributed by atoms with van der Waals surface area (Å²) in [5.74, 6) is -0.818. The van der Waals surface area contributed by atoms with Gasteiger partial charge in [-0.15, -0.1) is 0 Å². The summed E-state index contributed by atoms with van der Waals surface area (Å²) in [5, 5.41) is 0. The van der Waals surface area contributed by atoms with E-state index >= 15 is 0 Å². The molecule has 0 atom stereocenters. The lowest BCUT2D eigenvalue weighted by molar-refractivity contribution is 0.101. The first-order chi connectivity index (χ1) is 7.56. The van der Waals surface area contributed by atoms with Crippen LogP contribution in [-0.2, 0) is 0 Å². The molecule has 0 amide bonds. The molecule has 1 aromatic carbocycles. The second-order valence-corrected chi connectivity index (χ2v) is 3.06. The van der Waals surface area contributed by atoms with Crippen LogP contribution in [0, 0.1) is 5.82 Å². The van der Waals surface area contributed by atoms with Crippen molar-refractivity contribution in [3.8, 4) is 17.2 Å². The number of carbonyl (C=O) groups excluding carboxylic acids is 1. The van der Waals surface area contributed by atoms with Crippen molar-refractivity contribution in [2.45, 2.75) is 6.92 Å². The minimum Gasteiger partial charge on any atom is -0.493 e. The molecule has 0 saturated heterocycles. The zero-order valence-corrected chi connectivity index (χ0v) is 9.59. The third kappa shape index (κ3) is 1.93. The summed E-state index contributed by atoms with van der Waals surface area (Å²) in [7, 11) is 4.03. The summed E-state index contributed by atoms with van der Waals surface area (Å²) in [6, 6.07) is 1.12. The standard InChI is InChI=1S/C11H13FO4/c1-6(13)9-10(15-3)7(12)5-8(14-2)11(9)16-4/h5H,1-4H3. The molecule has 0 aliphatic heterocycles. The SMILES string of the molecule is COc1cc(F)c(OC)c(C(C)=O)c1OC. The summed E-state index contributed by atoms with van der Waals surface area (Å²) in [6.07, 6.45) is 0. The van der Waals surface area contributed by atoms with Crippen molar-refractivity contribution < 1.29 is 23.4 Å². The van der Waals surface area contributed by atoms with E-state index in [1.807, 2.05) is 0 Å². The molecule has 0 saturated carbocycles. The Kier molecular flexibility index (Phi) is 3.71. The van der Waals surface area contributed by atoms with Gasteiger partial charge in [-0.05, 0) is 6.92 Å². The van der Waals surface area contributed by atoms with Crippen LogP contribution < -0.4 is 14.2 Å². The highest BCUT2D eigenvalue weighted by Crippen LogP contribution is 2.39. The third-order valence-corrected chi connectivity index (χ3v) is 2.13. The Balaban J connectivity index is 3.60. The second kappa shape index (κ2) is 4.83. The molecule has 0 fully saturated rings. The quantitative estimate of drug-likeness (QED) is 0.740. The molecule has 88 valence electrons. The van der Waals surface area contributed by atoms with E-state index < -0.39 is 5.82 Å². The van der Waals surface area contributed by atoms with Gasteiger partial charge < -0.3 is 14.2 Å². The van der Waals surface area contributed by atoms with E-state index in [0.717, 1.165) is 6.07 Å². The average molecular weight is 228 g/mol. The van der Waals surface area contributed by atoms with E-state index in [1.165, 1.54) is 28.3 Å². The minimum atomic E-state index is -0.662. The molecule has 1 aromatic rings. The number of ether oxygens (including phenoxy) is 3. The fourth-order valence-electron chi connectivity index (χ4n) is 1.47. The zero-order chi connectivity index (χ0) is 12.3. The van der Waals surface area contributed by atoms with E-state index in [1.54, 1.807) is 0 Å². The van der Waals surface area contributed by atoms with Gasteiger partial charge in [0.1, 0.15) is 5.56 Å². The Bertz CT molecular complexity index is 415. The normalized spacial score (nSPS) is 9.81. The fourth-order valence-corrected chi connectivity index (χ4v) is 1.47. The van der Waals surface area contributed by atoms with Crippen LogP contribution in [-0.4, -0.2) is 27.1 Å². The van der Waals surface area contributed by atoms with Crippen LogP contribution in [0.2, 0.25) is 0 Å². The number of carbonyl (C=O) groups is 1. The Morgan fingerprint density at radius 2 is 1.69 bits per heavy atom. The molecule has 0 unspecified atom stereocenters. The Labute approximate surface area is 92.9 Å². The van der Waals surface area contributed by atoms with Gasteiger partial charge in [0.15, 0.2) is 28.8 Å².